The second-order valence-corrected chi connectivity index (χ2v) is 6.38. The zero-order chi connectivity index (χ0) is 12.2. The lowest BCUT2D eigenvalue weighted by atomic mass is 10.2. The van der Waals surface area contributed by atoms with Crippen LogP contribution in [0.15, 0.2) is 0 Å². The Labute approximate surface area is 98.0 Å². The number of nitrogens with two attached hydrogens (primary N) is 1. The van der Waals surface area contributed by atoms with Crippen LogP contribution in [0.1, 0.15) is 26.7 Å². The molecule has 1 saturated heterocycles. The molecule has 1 heterocycles. The maximum absolute atomic E-state index is 11.9. The van der Waals surface area contributed by atoms with Crippen LogP contribution in [0.5, 0.6) is 0 Å². The fourth-order valence-corrected chi connectivity index (χ4v) is 3.32. The second kappa shape index (κ2) is 5.95. The van der Waals surface area contributed by atoms with Crippen molar-refractivity contribution in [3.05, 3.63) is 0 Å². The van der Waals surface area contributed by atoms with E-state index in [1.54, 1.807) is 0 Å². The zero-order valence-corrected chi connectivity index (χ0v) is 10.9. The molecule has 16 heavy (non-hydrogen) atoms. The first-order chi connectivity index (χ1) is 7.47. The van der Waals surface area contributed by atoms with Crippen LogP contribution in [0.25, 0.3) is 0 Å². The molecule has 0 amide bonds. The van der Waals surface area contributed by atoms with Crippen molar-refractivity contribution in [2.24, 2.45) is 5.73 Å². The molecule has 1 aliphatic heterocycles. The minimum absolute atomic E-state index is 0.135. The molecule has 0 bridgehead atoms. The molecule has 1 rings (SSSR count). The molecule has 0 radical (unpaired) electrons. The molecule has 0 spiro atoms. The van der Waals surface area contributed by atoms with Crippen LogP contribution < -0.4 is 5.73 Å². The zero-order valence-electron chi connectivity index (χ0n) is 10.1. The molecule has 1 fully saturated rings. The summed E-state index contributed by atoms with van der Waals surface area (Å²) in [5.74, 6) is 0.231. The van der Waals surface area contributed by atoms with Gasteiger partial charge >= 0.3 is 0 Å². The fraction of sp³-hybridized carbons (Fsp3) is 1.00. The summed E-state index contributed by atoms with van der Waals surface area (Å²) in [5.41, 5.74) is 5.73. The van der Waals surface area contributed by atoms with Gasteiger partial charge in [-0.2, -0.15) is 4.31 Å². The molecule has 0 aromatic carbocycles. The summed E-state index contributed by atoms with van der Waals surface area (Å²) in [6.45, 7) is 5.11. The monoisotopic (exact) mass is 250 g/mol. The molecule has 6 heteroatoms. The van der Waals surface area contributed by atoms with Gasteiger partial charge in [-0.15, -0.1) is 0 Å². The Kier molecular flexibility index (Phi) is 5.17. The van der Waals surface area contributed by atoms with Crippen LogP contribution in [0.2, 0.25) is 0 Å². The predicted molar refractivity (Wildman–Crippen MR) is 63.7 cm³/mol. The minimum atomic E-state index is -3.11. The highest BCUT2D eigenvalue weighted by atomic mass is 32.2. The van der Waals surface area contributed by atoms with Gasteiger partial charge in [-0.05, 0) is 13.3 Å². The lowest BCUT2D eigenvalue weighted by Gasteiger charge is -2.33. The predicted octanol–water partition coefficient (Wildman–Crippen LogP) is 0.164. The van der Waals surface area contributed by atoms with E-state index in [0.717, 1.165) is 6.42 Å². The van der Waals surface area contributed by atoms with Gasteiger partial charge in [0.1, 0.15) is 0 Å². The molecule has 5 nitrogen and oxygen atoms in total. The largest absolute Gasteiger partial charge is 0.374 e. The topological polar surface area (TPSA) is 72.6 Å². The van der Waals surface area contributed by atoms with Crippen molar-refractivity contribution >= 4 is 10.0 Å². The third kappa shape index (κ3) is 3.69. The SMILES string of the molecule is CCCCS(=O)(=O)N1CCOC(C(C)N)C1. The molecule has 0 aliphatic carbocycles. The Hall–Kier alpha value is -0.170. The number of unbranched alkanes of at least 4 members (excludes halogenated alkanes) is 1. The van der Waals surface area contributed by atoms with Crippen molar-refractivity contribution in [1.29, 1.82) is 0 Å². The van der Waals surface area contributed by atoms with Crippen molar-refractivity contribution < 1.29 is 13.2 Å². The van der Waals surface area contributed by atoms with Crippen LogP contribution in [0, 0.1) is 0 Å². The van der Waals surface area contributed by atoms with Gasteiger partial charge in [0.15, 0.2) is 0 Å². The van der Waals surface area contributed by atoms with Crippen LogP contribution in [0.3, 0.4) is 0 Å². The van der Waals surface area contributed by atoms with E-state index in [0.29, 0.717) is 26.1 Å². The fourth-order valence-electron chi connectivity index (χ4n) is 1.68. The first kappa shape index (κ1) is 13.9. The minimum Gasteiger partial charge on any atom is -0.374 e. The van der Waals surface area contributed by atoms with E-state index in [1.807, 2.05) is 13.8 Å². The summed E-state index contributed by atoms with van der Waals surface area (Å²) in [5, 5.41) is 0. The van der Waals surface area contributed by atoms with E-state index in [9.17, 15) is 8.42 Å². The summed E-state index contributed by atoms with van der Waals surface area (Å²) in [4.78, 5) is 0. The Morgan fingerprint density at radius 1 is 1.56 bits per heavy atom. The van der Waals surface area contributed by atoms with Gasteiger partial charge in [0.2, 0.25) is 10.0 Å². The summed E-state index contributed by atoms with van der Waals surface area (Å²) in [7, 11) is -3.11. The maximum atomic E-state index is 11.9. The third-order valence-corrected chi connectivity index (χ3v) is 4.71. The summed E-state index contributed by atoms with van der Waals surface area (Å²) in [6.07, 6.45) is 1.42. The smallest absolute Gasteiger partial charge is 0.214 e. The molecule has 2 unspecified atom stereocenters. The van der Waals surface area contributed by atoms with E-state index < -0.39 is 10.0 Å². The van der Waals surface area contributed by atoms with Crippen molar-refractivity contribution in [1.82, 2.24) is 4.31 Å². The van der Waals surface area contributed by atoms with Crippen molar-refractivity contribution in [3.63, 3.8) is 0 Å². The van der Waals surface area contributed by atoms with E-state index >= 15 is 0 Å². The lowest BCUT2D eigenvalue weighted by molar-refractivity contribution is -0.0120. The number of hydrogen-bond acceptors (Lipinski definition) is 4. The van der Waals surface area contributed by atoms with Crippen molar-refractivity contribution in [2.45, 2.75) is 38.8 Å². The Morgan fingerprint density at radius 2 is 2.25 bits per heavy atom. The molecule has 96 valence electrons. The van der Waals surface area contributed by atoms with Crippen LogP contribution in [-0.2, 0) is 14.8 Å². The number of nitrogens with zero attached hydrogens (tertiary/aromatic N) is 1. The van der Waals surface area contributed by atoms with E-state index in [4.69, 9.17) is 10.5 Å². The van der Waals surface area contributed by atoms with Gasteiger partial charge in [0, 0.05) is 19.1 Å². The standard InChI is InChI=1S/C10H22N2O3S/c1-3-4-7-16(13,14)12-5-6-15-10(8-12)9(2)11/h9-10H,3-8,11H2,1-2H3. The average molecular weight is 250 g/mol. The van der Waals surface area contributed by atoms with E-state index in [2.05, 4.69) is 0 Å². The molecule has 0 saturated carbocycles. The summed E-state index contributed by atoms with van der Waals surface area (Å²) < 4.78 is 30.8. The number of hydrogen-bond donors (Lipinski definition) is 1. The second-order valence-electron chi connectivity index (χ2n) is 4.30. The number of ether oxygens (including phenoxy) is 1. The average Bonchev–Trinajstić information content (AvgIpc) is 2.26. The van der Waals surface area contributed by atoms with Gasteiger partial charge in [0.05, 0.1) is 18.5 Å². The van der Waals surface area contributed by atoms with Gasteiger partial charge in [0.25, 0.3) is 0 Å². The highest BCUT2D eigenvalue weighted by molar-refractivity contribution is 7.89. The van der Waals surface area contributed by atoms with Crippen LogP contribution in [-0.4, -0.2) is 50.3 Å². The highest BCUT2D eigenvalue weighted by Crippen LogP contribution is 2.13. The maximum Gasteiger partial charge on any atom is 0.214 e. The molecule has 2 atom stereocenters. The molecule has 0 aromatic heterocycles. The number of rotatable bonds is 5. The van der Waals surface area contributed by atoms with Crippen molar-refractivity contribution in [2.75, 3.05) is 25.4 Å². The third-order valence-electron chi connectivity index (χ3n) is 2.79. The Morgan fingerprint density at radius 3 is 2.81 bits per heavy atom. The summed E-state index contributed by atoms with van der Waals surface area (Å²) >= 11 is 0. The van der Waals surface area contributed by atoms with E-state index in [-0.39, 0.29) is 17.9 Å². The molecular formula is C10H22N2O3S. The molecule has 2 N–H and O–H groups in total. The molecule has 0 aromatic rings. The molecule has 1 aliphatic rings. The van der Waals surface area contributed by atoms with Gasteiger partial charge in [-0.25, -0.2) is 8.42 Å². The Balaban J connectivity index is 2.59. The Bertz CT molecular complexity index is 303. The summed E-state index contributed by atoms with van der Waals surface area (Å²) in [6, 6.07) is -0.135. The van der Waals surface area contributed by atoms with E-state index in [1.165, 1.54) is 4.31 Å². The van der Waals surface area contributed by atoms with Crippen molar-refractivity contribution in [3.8, 4) is 0 Å². The van der Waals surface area contributed by atoms with Gasteiger partial charge in [-0.3, -0.25) is 0 Å². The lowest BCUT2D eigenvalue weighted by Crippen LogP contribution is -2.51. The normalized spacial score (nSPS) is 25.6. The van der Waals surface area contributed by atoms with Gasteiger partial charge in [-0.1, -0.05) is 13.3 Å². The highest BCUT2D eigenvalue weighted by Gasteiger charge is 2.30. The van der Waals surface area contributed by atoms with Crippen LogP contribution in [0.4, 0.5) is 0 Å². The van der Waals surface area contributed by atoms with Gasteiger partial charge < -0.3 is 10.5 Å². The van der Waals surface area contributed by atoms with Crippen LogP contribution >= 0.6 is 0 Å². The first-order valence-electron chi connectivity index (χ1n) is 5.82. The number of morpholine rings is 1. The quantitative estimate of drug-likeness (QED) is 0.754. The first-order valence-corrected chi connectivity index (χ1v) is 7.43. The molecular weight excluding hydrogens is 228 g/mol. The number of sulfonamides is 1.